The number of hydrogen-bond donors (Lipinski definition) is 8. The summed E-state index contributed by atoms with van der Waals surface area (Å²) in [6, 6.07) is 0. The first-order valence-electron chi connectivity index (χ1n) is 9.97. The second-order valence-corrected chi connectivity index (χ2v) is 6.82. The molecule has 0 aliphatic rings. The minimum atomic E-state index is -4.67. The molecule has 11 N–H and O–H groups in total. The molecule has 0 rings (SSSR count). The van der Waals surface area contributed by atoms with E-state index in [0.717, 1.165) is 6.42 Å². The van der Waals surface area contributed by atoms with Gasteiger partial charge in [0.1, 0.15) is 0 Å². The van der Waals surface area contributed by atoms with E-state index in [9.17, 15) is 14.4 Å². The van der Waals surface area contributed by atoms with Gasteiger partial charge < -0.3 is 39.4 Å². The van der Waals surface area contributed by atoms with Crippen molar-refractivity contribution in [1.82, 2.24) is 0 Å². The van der Waals surface area contributed by atoms with E-state index in [4.69, 9.17) is 32.8 Å². The predicted molar refractivity (Wildman–Crippen MR) is 121 cm³/mol. The van der Waals surface area contributed by atoms with Crippen molar-refractivity contribution < 1.29 is 76.8 Å². The SMILES string of the molecule is NCC(=O)O.NCC(=O)O.NCC(=O)O.O=S(=O)(O)O.[CH2-]CCCCCCCCCCC.[Na+]. The van der Waals surface area contributed by atoms with Crippen molar-refractivity contribution in [2.45, 2.75) is 71.1 Å². The van der Waals surface area contributed by atoms with Gasteiger partial charge in [0.05, 0.1) is 19.6 Å². The van der Waals surface area contributed by atoms with Crippen LogP contribution in [0, 0.1) is 6.92 Å². The second-order valence-electron chi connectivity index (χ2n) is 5.92. The van der Waals surface area contributed by atoms with Gasteiger partial charge in [0.15, 0.2) is 0 Å². The van der Waals surface area contributed by atoms with Crippen molar-refractivity contribution in [3.05, 3.63) is 6.92 Å². The first-order valence-corrected chi connectivity index (χ1v) is 11.4. The molecule has 0 aromatic heterocycles. The minimum absolute atomic E-state index is 0. The van der Waals surface area contributed by atoms with Crippen LogP contribution < -0.4 is 46.8 Å². The minimum Gasteiger partial charge on any atom is -0.480 e. The van der Waals surface area contributed by atoms with Crippen molar-refractivity contribution in [2.75, 3.05) is 19.6 Å². The summed E-state index contributed by atoms with van der Waals surface area (Å²) in [5.41, 5.74) is 13.7. The molecule has 0 atom stereocenters. The summed E-state index contributed by atoms with van der Waals surface area (Å²) in [6.07, 6.45) is 13.9. The van der Waals surface area contributed by atoms with Gasteiger partial charge in [-0.25, -0.2) is 0 Å². The van der Waals surface area contributed by atoms with Crippen molar-refractivity contribution >= 4 is 28.3 Å². The largest absolute Gasteiger partial charge is 1.00 e. The molecule has 0 aliphatic carbocycles. The number of carboxylic acid groups (broad SMARTS) is 3. The molecule has 0 aromatic rings. The Hall–Kier alpha value is -0.840. The Bertz CT molecular complexity index is 472. The zero-order chi connectivity index (χ0) is 26.4. The molecule has 0 unspecified atom stereocenters. The number of nitrogens with two attached hydrogens (primary N) is 3. The molecule has 196 valence electrons. The maximum Gasteiger partial charge on any atom is 1.00 e. The molecular weight excluding hydrogens is 473 g/mol. The van der Waals surface area contributed by atoms with Crippen LogP contribution in [0.4, 0.5) is 0 Å². The van der Waals surface area contributed by atoms with E-state index in [1.807, 2.05) is 0 Å². The van der Waals surface area contributed by atoms with Crippen molar-refractivity contribution in [3.63, 3.8) is 0 Å². The van der Waals surface area contributed by atoms with E-state index in [2.05, 4.69) is 31.0 Å². The van der Waals surface area contributed by atoms with E-state index in [-0.39, 0.29) is 49.2 Å². The predicted octanol–water partition coefficient (Wildman–Crippen LogP) is -1.82. The van der Waals surface area contributed by atoms with Crippen LogP contribution in [0.5, 0.6) is 0 Å². The number of unbranched alkanes of at least 4 members (excludes halogenated alkanes) is 9. The van der Waals surface area contributed by atoms with Gasteiger partial charge in [-0.15, -0.1) is 0 Å². The number of rotatable bonds is 12. The zero-order valence-corrected chi connectivity index (χ0v) is 22.6. The molecule has 0 amide bonds. The van der Waals surface area contributed by atoms with Gasteiger partial charge >= 0.3 is 57.9 Å². The van der Waals surface area contributed by atoms with E-state index in [0.29, 0.717) is 0 Å². The summed E-state index contributed by atoms with van der Waals surface area (Å²) >= 11 is 0. The number of aliphatic carboxylic acids is 3. The van der Waals surface area contributed by atoms with E-state index in [1.54, 1.807) is 0 Å². The van der Waals surface area contributed by atoms with Crippen molar-refractivity contribution in [3.8, 4) is 0 Å². The quantitative estimate of drug-likeness (QED) is 0.0616. The topological polar surface area (TPSA) is 265 Å². The van der Waals surface area contributed by atoms with Gasteiger partial charge in [0, 0.05) is 0 Å². The van der Waals surface area contributed by atoms with Crippen LogP contribution in [0.3, 0.4) is 0 Å². The third-order valence-corrected chi connectivity index (χ3v) is 2.88. The molecule has 0 saturated carbocycles. The molecule has 0 spiro atoms. The summed E-state index contributed by atoms with van der Waals surface area (Å²) in [7, 11) is -4.67. The van der Waals surface area contributed by atoms with Crippen LogP contribution in [-0.2, 0) is 24.8 Å². The Morgan fingerprint density at radius 3 is 1.00 bits per heavy atom. The van der Waals surface area contributed by atoms with Gasteiger partial charge in [-0.3, -0.25) is 23.5 Å². The molecule has 0 saturated heterocycles. The summed E-state index contributed by atoms with van der Waals surface area (Å²) in [5.74, 6) is -2.90. The summed E-state index contributed by atoms with van der Waals surface area (Å²) in [6.45, 7) is 5.28. The fourth-order valence-corrected chi connectivity index (χ4v) is 1.49. The molecule has 15 heteroatoms. The normalized spacial score (nSPS) is 8.94. The van der Waals surface area contributed by atoms with Gasteiger partial charge in [0.2, 0.25) is 0 Å². The monoisotopic (exact) mass is 515 g/mol. The van der Waals surface area contributed by atoms with Gasteiger partial charge in [0.25, 0.3) is 0 Å². The maximum absolute atomic E-state index is 9.24. The van der Waals surface area contributed by atoms with E-state index < -0.39 is 28.3 Å². The molecule has 0 fully saturated rings. The average Bonchev–Trinajstić information content (AvgIpc) is 2.70. The fraction of sp³-hybridized carbons (Fsp3) is 0.778. The molecule has 0 bridgehead atoms. The summed E-state index contributed by atoms with van der Waals surface area (Å²) in [4.78, 5) is 27.7. The third-order valence-electron chi connectivity index (χ3n) is 2.88. The van der Waals surface area contributed by atoms with Crippen LogP contribution in [-0.4, -0.2) is 70.4 Å². The molecular formula is C18H42N3NaO10S. The molecule has 0 aliphatic heterocycles. The standard InChI is InChI=1S/C12H25.3C2H5NO2.Na.H2O4S/c1-3-5-7-9-11-12-10-8-6-4-2;3*3-1-2(4)5;;1-5(2,3)4/h1,3-12H2,2H3;3*1,3H2,(H,4,5);;(H2,1,2,3,4)/q-1;;;;+1;. The number of hydrogen-bond acceptors (Lipinski definition) is 8. The Morgan fingerprint density at radius 2 is 0.848 bits per heavy atom. The maximum atomic E-state index is 9.24. The molecule has 0 heterocycles. The number of carbonyl (C=O) groups is 3. The molecule has 0 aromatic carbocycles. The van der Waals surface area contributed by atoms with Gasteiger partial charge in [-0.2, -0.15) is 14.8 Å². The second kappa shape index (κ2) is 38.4. The smallest absolute Gasteiger partial charge is 0.480 e. The van der Waals surface area contributed by atoms with Crippen LogP contribution >= 0.6 is 0 Å². The Morgan fingerprint density at radius 1 is 0.667 bits per heavy atom. The number of carboxylic acids is 3. The van der Waals surface area contributed by atoms with Crippen molar-refractivity contribution in [1.29, 1.82) is 0 Å². The van der Waals surface area contributed by atoms with Crippen LogP contribution in [0.25, 0.3) is 0 Å². The Balaban J connectivity index is -0.0000000739. The van der Waals surface area contributed by atoms with Crippen LogP contribution in [0.2, 0.25) is 0 Å². The molecule has 0 radical (unpaired) electrons. The average molecular weight is 516 g/mol. The van der Waals surface area contributed by atoms with Crippen LogP contribution in [0.1, 0.15) is 71.1 Å². The molecule has 13 nitrogen and oxygen atoms in total. The first kappa shape index (κ1) is 45.6. The van der Waals surface area contributed by atoms with E-state index >= 15 is 0 Å². The summed E-state index contributed by atoms with van der Waals surface area (Å²) in [5, 5.41) is 22.8. The van der Waals surface area contributed by atoms with Crippen LogP contribution in [0.15, 0.2) is 0 Å². The molecule has 33 heavy (non-hydrogen) atoms. The summed E-state index contributed by atoms with van der Waals surface area (Å²) < 4.78 is 31.6. The zero-order valence-electron chi connectivity index (χ0n) is 19.8. The fourth-order valence-electron chi connectivity index (χ4n) is 1.49. The van der Waals surface area contributed by atoms with Gasteiger partial charge in [-0.1, -0.05) is 64.7 Å². The van der Waals surface area contributed by atoms with Crippen molar-refractivity contribution in [2.24, 2.45) is 17.2 Å². The van der Waals surface area contributed by atoms with Gasteiger partial charge in [-0.05, 0) is 0 Å². The first-order chi connectivity index (χ1) is 14.7. The Kier molecular flexibility index (Phi) is 53.1. The Labute approximate surface area is 219 Å². The van der Waals surface area contributed by atoms with E-state index in [1.165, 1.54) is 57.8 Å². The third kappa shape index (κ3) is 132.